The average molecular weight is 328 g/mol. The van der Waals surface area contributed by atoms with Crippen molar-refractivity contribution < 1.29 is 18.3 Å². The minimum atomic E-state index is -3.12. The Morgan fingerprint density at radius 2 is 2.00 bits per heavy atom. The molecule has 1 aromatic carbocycles. The summed E-state index contributed by atoms with van der Waals surface area (Å²) in [7, 11) is -3.12. The molecule has 124 valence electrons. The molecule has 6 nitrogen and oxygen atoms in total. The van der Waals surface area contributed by atoms with Gasteiger partial charge in [-0.3, -0.25) is 0 Å². The van der Waals surface area contributed by atoms with Crippen molar-refractivity contribution in [3.8, 4) is 0 Å². The number of carbonyl (C=O) groups is 1. The fraction of sp³-hybridized carbons (Fsp3) is 0.533. The van der Waals surface area contributed by atoms with Crippen LogP contribution in [-0.4, -0.2) is 38.5 Å². The zero-order chi connectivity index (χ0) is 16.8. The lowest BCUT2D eigenvalue weighted by Crippen LogP contribution is -2.40. The van der Waals surface area contributed by atoms with Crippen LogP contribution in [0.3, 0.4) is 0 Å². The molecular weight excluding hydrogens is 304 g/mol. The van der Waals surface area contributed by atoms with Crippen LogP contribution in [0.4, 0.5) is 10.5 Å². The van der Waals surface area contributed by atoms with E-state index in [0.29, 0.717) is 23.6 Å². The highest BCUT2D eigenvalue weighted by Gasteiger charge is 2.13. The van der Waals surface area contributed by atoms with Gasteiger partial charge in [-0.15, -0.1) is 0 Å². The second-order valence-electron chi connectivity index (χ2n) is 5.88. The van der Waals surface area contributed by atoms with Gasteiger partial charge in [0.05, 0.1) is 18.4 Å². The van der Waals surface area contributed by atoms with Gasteiger partial charge in [0.15, 0.2) is 9.84 Å². The van der Waals surface area contributed by atoms with Gasteiger partial charge in [-0.1, -0.05) is 26.0 Å². The highest BCUT2D eigenvalue weighted by atomic mass is 32.2. The molecule has 7 heteroatoms. The number of carbonyl (C=O) groups excluding carboxylic acids is 1. The molecule has 0 aliphatic carbocycles. The summed E-state index contributed by atoms with van der Waals surface area (Å²) in [5.74, 6) is 0.284. The molecule has 0 saturated carbocycles. The Morgan fingerprint density at radius 1 is 1.32 bits per heavy atom. The van der Waals surface area contributed by atoms with Crippen molar-refractivity contribution in [2.75, 3.05) is 18.2 Å². The number of aliphatic hydroxyl groups is 1. The quantitative estimate of drug-likeness (QED) is 0.710. The number of sulfone groups is 1. The Labute approximate surface area is 131 Å². The molecule has 0 aliphatic rings. The molecule has 22 heavy (non-hydrogen) atoms. The lowest BCUT2D eigenvalue weighted by Gasteiger charge is -2.18. The van der Waals surface area contributed by atoms with E-state index in [1.807, 2.05) is 13.8 Å². The molecule has 0 radical (unpaired) electrons. The van der Waals surface area contributed by atoms with Crippen molar-refractivity contribution in [3.05, 3.63) is 29.8 Å². The zero-order valence-electron chi connectivity index (χ0n) is 13.2. The summed E-state index contributed by atoms with van der Waals surface area (Å²) >= 11 is 0. The van der Waals surface area contributed by atoms with Gasteiger partial charge in [0.2, 0.25) is 0 Å². The fourth-order valence-corrected chi connectivity index (χ4v) is 2.93. The van der Waals surface area contributed by atoms with Gasteiger partial charge in [-0.2, -0.15) is 0 Å². The largest absolute Gasteiger partial charge is 0.394 e. The third-order valence-electron chi connectivity index (χ3n) is 2.93. The van der Waals surface area contributed by atoms with Crippen molar-refractivity contribution in [2.24, 2.45) is 5.92 Å². The number of anilines is 1. The highest BCUT2D eigenvalue weighted by molar-refractivity contribution is 7.89. The molecule has 1 aromatic rings. The van der Waals surface area contributed by atoms with Gasteiger partial charge in [0, 0.05) is 11.9 Å². The predicted molar refractivity (Wildman–Crippen MR) is 87.5 cm³/mol. The van der Waals surface area contributed by atoms with E-state index in [4.69, 9.17) is 0 Å². The fourth-order valence-electron chi connectivity index (χ4n) is 2.14. The summed E-state index contributed by atoms with van der Waals surface area (Å²) in [6.45, 7) is 3.90. The molecule has 1 atom stereocenters. The number of nitrogens with one attached hydrogen (secondary N) is 2. The molecule has 0 spiro atoms. The standard InChI is InChI=1S/C15H24N2O4S/c1-11(2)7-14(9-18)17-15(19)16-13-6-4-5-12(8-13)10-22(3,20)21/h4-6,8,11,14,18H,7,9-10H2,1-3H3,(H2,16,17,19). The third kappa shape index (κ3) is 7.42. The maximum atomic E-state index is 11.9. The number of aliphatic hydroxyl groups excluding tert-OH is 1. The van der Waals surface area contributed by atoms with Crippen LogP contribution in [0, 0.1) is 5.92 Å². The number of hydrogen-bond donors (Lipinski definition) is 3. The Hall–Kier alpha value is -1.60. The summed E-state index contributed by atoms with van der Waals surface area (Å²) in [5.41, 5.74) is 1.13. The van der Waals surface area contributed by atoms with Crippen molar-refractivity contribution in [2.45, 2.75) is 32.1 Å². The maximum absolute atomic E-state index is 11.9. The van der Waals surface area contributed by atoms with Crippen molar-refractivity contribution >= 4 is 21.6 Å². The van der Waals surface area contributed by atoms with Crippen LogP contribution in [0.2, 0.25) is 0 Å². The van der Waals surface area contributed by atoms with E-state index in [-0.39, 0.29) is 18.4 Å². The van der Waals surface area contributed by atoms with Gasteiger partial charge in [0.1, 0.15) is 0 Å². The minimum absolute atomic E-state index is 0.0727. The van der Waals surface area contributed by atoms with Crippen LogP contribution in [-0.2, 0) is 15.6 Å². The van der Waals surface area contributed by atoms with Crippen LogP contribution in [0.25, 0.3) is 0 Å². The molecule has 1 rings (SSSR count). The SMILES string of the molecule is CC(C)CC(CO)NC(=O)Nc1cccc(CS(C)(=O)=O)c1. The first kappa shape index (κ1) is 18.4. The molecule has 0 aromatic heterocycles. The summed E-state index contributed by atoms with van der Waals surface area (Å²) in [6, 6.07) is 5.96. The van der Waals surface area contributed by atoms with E-state index >= 15 is 0 Å². The molecule has 0 aliphatic heterocycles. The molecule has 1 unspecified atom stereocenters. The van der Waals surface area contributed by atoms with Gasteiger partial charge in [0.25, 0.3) is 0 Å². The molecule has 0 heterocycles. The van der Waals surface area contributed by atoms with Crippen LogP contribution in [0.15, 0.2) is 24.3 Å². The molecular formula is C15H24N2O4S. The van der Waals surface area contributed by atoms with E-state index in [0.717, 1.165) is 6.26 Å². The van der Waals surface area contributed by atoms with E-state index < -0.39 is 15.9 Å². The highest BCUT2D eigenvalue weighted by Crippen LogP contribution is 2.13. The first-order valence-electron chi connectivity index (χ1n) is 7.14. The van der Waals surface area contributed by atoms with E-state index in [1.54, 1.807) is 24.3 Å². The lowest BCUT2D eigenvalue weighted by molar-refractivity contribution is 0.214. The van der Waals surface area contributed by atoms with Gasteiger partial charge in [-0.25, -0.2) is 13.2 Å². The second-order valence-corrected chi connectivity index (χ2v) is 8.02. The molecule has 0 saturated heterocycles. The number of rotatable bonds is 7. The topological polar surface area (TPSA) is 95.5 Å². The monoisotopic (exact) mass is 328 g/mol. The molecule has 2 amide bonds. The predicted octanol–water partition coefficient (Wildman–Crippen LogP) is 1.76. The minimum Gasteiger partial charge on any atom is -0.394 e. The maximum Gasteiger partial charge on any atom is 0.319 e. The molecule has 0 bridgehead atoms. The number of urea groups is 1. The number of hydrogen-bond acceptors (Lipinski definition) is 4. The summed E-state index contributed by atoms with van der Waals surface area (Å²) < 4.78 is 22.6. The van der Waals surface area contributed by atoms with E-state index in [2.05, 4.69) is 10.6 Å². The summed E-state index contributed by atoms with van der Waals surface area (Å²) in [5, 5.41) is 14.6. The second kappa shape index (κ2) is 8.14. The van der Waals surface area contributed by atoms with E-state index in [1.165, 1.54) is 0 Å². The van der Waals surface area contributed by atoms with Crippen LogP contribution in [0.1, 0.15) is 25.8 Å². The number of benzene rings is 1. The molecule has 0 fully saturated rings. The Balaban J connectivity index is 2.66. The van der Waals surface area contributed by atoms with Gasteiger partial charge in [-0.05, 0) is 30.0 Å². The van der Waals surface area contributed by atoms with Crippen molar-refractivity contribution in [1.29, 1.82) is 0 Å². The van der Waals surface area contributed by atoms with Crippen LogP contribution < -0.4 is 10.6 Å². The number of amides is 2. The van der Waals surface area contributed by atoms with Gasteiger partial charge < -0.3 is 15.7 Å². The first-order chi connectivity index (χ1) is 10.2. The average Bonchev–Trinajstić information content (AvgIpc) is 2.35. The Bertz CT molecular complexity index is 599. The first-order valence-corrected chi connectivity index (χ1v) is 9.20. The van der Waals surface area contributed by atoms with E-state index in [9.17, 15) is 18.3 Å². The lowest BCUT2D eigenvalue weighted by atomic mass is 10.0. The van der Waals surface area contributed by atoms with Gasteiger partial charge >= 0.3 is 6.03 Å². The zero-order valence-corrected chi connectivity index (χ0v) is 14.0. The summed E-state index contributed by atoms with van der Waals surface area (Å²) in [4.78, 5) is 11.9. The smallest absolute Gasteiger partial charge is 0.319 e. The van der Waals surface area contributed by atoms with Crippen LogP contribution in [0.5, 0.6) is 0 Å². The Morgan fingerprint density at radius 3 is 2.55 bits per heavy atom. The molecule has 3 N–H and O–H groups in total. The Kier molecular flexibility index (Phi) is 6.83. The van der Waals surface area contributed by atoms with Crippen LogP contribution >= 0.6 is 0 Å². The third-order valence-corrected chi connectivity index (χ3v) is 3.78. The van der Waals surface area contributed by atoms with Crippen molar-refractivity contribution in [3.63, 3.8) is 0 Å². The normalized spacial score (nSPS) is 13.0. The summed E-state index contributed by atoms with van der Waals surface area (Å²) in [6.07, 6.45) is 1.84. The van der Waals surface area contributed by atoms with Crippen molar-refractivity contribution in [1.82, 2.24) is 5.32 Å².